The van der Waals surface area contributed by atoms with E-state index >= 15 is 0 Å². The first kappa shape index (κ1) is 11.4. The van der Waals surface area contributed by atoms with Crippen LogP contribution in [0.2, 0.25) is 0 Å². The Kier molecular flexibility index (Phi) is 2.28. The molecule has 96 valence electrons. The van der Waals surface area contributed by atoms with Crippen LogP contribution in [0.1, 0.15) is 10.4 Å². The summed E-state index contributed by atoms with van der Waals surface area (Å²) in [6, 6.07) is 11.5. The van der Waals surface area contributed by atoms with Crippen molar-refractivity contribution >= 4 is 48.3 Å². The molecule has 0 bridgehead atoms. The second-order valence-corrected chi connectivity index (χ2v) is 5.68. The first-order valence-electron chi connectivity index (χ1n) is 6.17. The number of carboxylic acids is 1. The molecule has 0 fully saturated rings. The van der Waals surface area contributed by atoms with Crippen molar-refractivity contribution in [3.8, 4) is 0 Å². The van der Waals surface area contributed by atoms with Crippen molar-refractivity contribution in [2.75, 3.05) is 0 Å². The smallest absolute Gasteiger partial charge is 0.336 e. The van der Waals surface area contributed by atoms with E-state index in [1.807, 2.05) is 30.3 Å². The Bertz CT molecular complexity index is 988. The van der Waals surface area contributed by atoms with Gasteiger partial charge in [0.1, 0.15) is 0 Å². The molecule has 0 aliphatic heterocycles. The maximum Gasteiger partial charge on any atom is 0.336 e. The predicted molar refractivity (Wildman–Crippen MR) is 81.6 cm³/mol. The number of carbonyl (C=O) groups is 1. The van der Waals surface area contributed by atoms with Crippen LogP contribution < -0.4 is 0 Å². The highest BCUT2D eigenvalue weighted by molar-refractivity contribution is 7.26. The Balaban J connectivity index is 2.36. The zero-order valence-electron chi connectivity index (χ0n) is 10.3. The second kappa shape index (κ2) is 4.02. The number of pyridine rings is 1. The Morgan fingerprint density at radius 2 is 2.00 bits per heavy atom. The van der Waals surface area contributed by atoms with E-state index in [2.05, 4.69) is 4.98 Å². The van der Waals surface area contributed by atoms with E-state index in [0.717, 1.165) is 30.9 Å². The van der Waals surface area contributed by atoms with Gasteiger partial charge in [-0.3, -0.25) is 4.98 Å². The molecular formula is C16H9NO2S. The van der Waals surface area contributed by atoms with E-state index in [0.29, 0.717) is 5.56 Å². The molecule has 20 heavy (non-hydrogen) atoms. The fourth-order valence-corrected chi connectivity index (χ4v) is 3.87. The summed E-state index contributed by atoms with van der Waals surface area (Å²) in [7, 11) is 0. The number of fused-ring (bicyclic) bond motifs is 5. The third-order valence-electron chi connectivity index (χ3n) is 3.49. The lowest BCUT2D eigenvalue weighted by Gasteiger charge is -2.03. The van der Waals surface area contributed by atoms with E-state index in [4.69, 9.17) is 0 Å². The molecule has 0 amide bonds. The van der Waals surface area contributed by atoms with Crippen LogP contribution in [-0.4, -0.2) is 16.1 Å². The molecule has 1 N–H and O–H groups in total. The number of rotatable bonds is 1. The maximum atomic E-state index is 11.6. The van der Waals surface area contributed by atoms with Gasteiger partial charge in [0.2, 0.25) is 0 Å². The molecule has 0 radical (unpaired) electrons. The maximum absolute atomic E-state index is 11.6. The van der Waals surface area contributed by atoms with Crippen LogP contribution in [0, 0.1) is 0 Å². The normalized spacial score (nSPS) is 11.4. The van der Waals surface area contributed by atoms with Crippen molar-refractivity contribution in [2.45, 2.75) is 0 Å². The molecule has 0 aliphatic rings. The number of benzene rings is 2. The summed E-state index contributed by atoms with van der Waals surface area (Å²) in [6.07, 6.45) is 3.49. The summed E-state index contributed by atoms with van der Waals surface area (Å²) in [5, 5.41) is 13.2. The number of nitrogens with zero attached hydrogens (tertiary/aromatic N) is 1. The molecule has 2 heterocycles. The van der Waals surface area contributed by atoms with Gasteiger partial charge < -0.3 is 5.11 Å². The van der Waals surface area contributed by atoms with Gasteiger partial charge in [-0.15, -0.1) is 11.3 Å². The fraction of sp³-hybridized carbons (Fsp3) is 0. The summed E-state index contributed by atoms with van der Waals surface area (Å²) in [5.41, 5.74) is 0.358. The van der Waals surface area contributed by atoms with Crippen LogP contribution in [0.4, 0.5) is 0 Å². The molecule has 4 aromatic rings. The van der Waals surface area contributed by atoms with Gasteiger partial charge >= 0.3 is 5.97 Å². The largest absolute Gasteiger partial charge is 0.478 e. The van der Waals surface area contributed by atoms with Crippen LogP contribution >= 0.6 is 11.3 Å². The molecule has 0 saturated carbocycles. The Morgan fingerprint density at radius 3 is 2.85 bits per heavy atom. The Morgan fingerprint density at radius 1 is 1.15 bits per heavy atom. The highest BCUT2D eigenvalue weighted by Gasteiger charge is 2.16. The summed E-state index contributed by atoms with van der Waals surface area (Å²) in [4.78, 5) is 15.8. The summed E-state index contributed by atoms with van der Waals surface area (Å²) in [5.74, 6) is -0.891. The zero-order valence-corrected chi connectivity index (χ0v) is 11.1. The Hall–Kier alpha value is -2.46. The fourth-order valence-electron chi connectivity index (χ4n) is 2.62. The van der Waals surface area contributed by atoms with E-state index < -0.39 is 5.97 Å². The van der Waals surface area contributed by atoms with Crippen molar-refractivity contribution in [2.24, 2.45) is 0 Å². The summed E-state index contributed by atoms with van der Waals surface area (Å²) >= 11 is 1.62. The second-order valence-electron chi connectivity index (χ2n) is 4.63. The molecule has 0 saturated heterocycles. The molecule has 0 spiro atoms. The monoisotopic (exact) mass is 279 g/mol. The van der Waals surface area contributed by atoms with Crippen LogP contribution in [0.3, 0.4) is 0 Å². The minimum absolute atomic E-state index is 0.358. The summed E-state index contributed by atoms with van der Waals surface area (Å²) < 4.78 is 2.09. The van der Waals surface area contributed by atoms with Gasteiger partial charge in [-0.05, 0) is 23.6 Å². The lowest BCUT2D eigenvalue weighted by molar-refractivity contribution is 0.0699. The topological polar surface area (TPSA) is 50.2 Å². The molecule has 3 nitrogen and oxygen atoms in total. The van der Waals surface area contributed by atoms with E-state index in [1.165, 1.54) is 0 Å². The third kappa shape index (κ3) is 1.45. The summed E-state index contributed by atoms with van der Waals surface area (Å²) in [6.45, 7) is 0. The number of hydrogen-bond acceptors (Lipinski definition) is 3. The third-order valence-corrected chi connectivity index (χ3v) is 4.70. The SMILES string of the molecule is O=C(O)c1cc2ccncc2c2sc3ccccc3c12. The quantitative estimate of drug-likeness (QED) is 0.565. The molecule has 0 aliphatic carbocycles. The van der Waals surface area contributed by atoms with Crippen LogP contribution in [0.5, 0.6) is 0 Å². The highest BCUT2D eigenvalue weighted by atomic mass is 32.1. The number of hydrogen-bond donors (Lipinski definition) is 1. The molecule has 0 unspecified atom stereocenters. The van der Waals surface area contributed by atoms with Gasteiger partial charge in [0.25, 0.3) is 0 Å². The lowest BCUT2D eigenvalue weighted by Crippen LogP contribution is -1.97. The van der Waals surface area contributed by atoms with E-state index in [-0.39, 0.29) is 0 Å². The van der Waals surface area contributed by atoms with Crippen molar-refractivity contribution < 1.29 is 9.90 Å². The number of carboxylic acid groups (broad SMARTS) is 1. The van der Waals surface area contributed by atoms with Crippen molar-refractivity contribution in [1.29, 1.82) is 0 Å². The van der Waals surface area contributed by atoms with E-state index in [1.54, 1.807) is 29.8 Å². The van der Waals surface area contributed by atoms with Gasteiger partial charge in [-0.1, -0.05) is 18.2 Å². The molecular weight excluding hydrogens is 270 g/mol. The molecule has 4 rings (SSSR count). The van der Waals surface area contributed by atoms with Crippen molar-refractivity contribution in [3.63, 3.8) is 0 Å². The average molecular weight is 279 g/mol. The standard InChI is InChI=1S/C16H9NO2S/c18-16(19)11-7-9-5-6-17-8-12(9)15-14(11)10-3-1-2-4-13(10)20-15/h1-8H,(H,18,19). The van der Waals surface area contributed by atoms with Gasteiger partial charge in [0, 0.05) is 38.0 Å². The molecule has 4 heteroatoms. The average Bonchev–Trinajstić information content (AvgIpc) is 2.86. The van der Waals surface area contributed by atoms with Crippen LogP contribution in [0.15, 0.2) is 48.8 Å². The predicted octanol–water partition coefficient (Wildman–Crippen LogP) is 4.30. The van der Waals surface area contributed by atoms with Crippen LogP contribution in [0.25, 0.3) is 30.9 Å². The molecule has 2 aromatic carbocycles. The van der Waals surface area contributed by atoms with Gasteiger partial charge in [0.05, 0.1) is 5.56 Å². The number of thiophene rings is 1. The molecule has 0 atom stereocenters. The zero-order chi connectivity index (χ0) is 13.7. The lowest BCUT2D eigenvalue weighted by atomic mass is 10.0. The number of aromatic carboxylic acids is 1. The minimum Gasteiger partial charge on any atom is -0.478 e. The first-order chi connectivity index (χ1) is 9.75. The van der Waals surface area contributed by atoms with Crippen molar-refractivity contribution in [1.82, 2.24) is 4.98 Å². The van der Waals surface area contributed by atoms with Gasteiger partial charge in [-0.2, -0.15) is 0 Å². The van der Waals surface area contributed by atoms with Gasteiger partial charge in [0.15, 0.2) is 0 Å². The van der Waals surface area contributed by atoms with Crippen molar-refractivity contribution in [3.05, 3.63) is 54.4 Å². The van der Waals surface area contributed by atoms with E-state index in [9.17, 15) is 9.90 Å². The van der Waals surface area contributed by atoms with Crippen LogP contribution in [-0.2, 0) is 0 Å². The van der Waals surface area contributed by atoms with Gasteiger partial charge in [-0.25, -0.2) is 4.79 Å². The highest BCUT2D eigenvalue weighted by Crippen LogP contribution is 2.40. The number of aromatic nitrogens is 1. The Labute approximate surface area is 118 Å². The molecule has 2 aromatic heterocycles. The minimum atomic E-state index is -0.891. The first-order valence-corrected chi connectivity index (χ1v) is 6.98.